The molecule has 2 aromatic rings. The van der Waals surface area contributed by atoms with E-state index in [0.717, 1.165) is 25.1 Å². The molecule has 2 aromatic heterocycles. The predicted molar refractivity (Wildman–Crippen MR) is 81.6 cm³/mol. The average molecular weight is 298 g/mol. The van der Waals surface area contributed by atoms with Gasteiger partial charge in [0.25, 0.3) is 0 Å². The van der Waals surface area contributed by atoms with Crippen LogP contribution in [-0.2, 0) is 4.79 Å². The molecule has 0 aliphatic carbocycles. The number of hydrogen-bond acceptors (Lipinski definition) is 6. The summed E-state index contributed by atoms with van der Waals surface area (Å²) < 4.78 is 0. The summed E-state index contributed by atoms with van der Waals surface area (Å²) in [7, 11) is 0. The van der Waals surface area contributed by atoms with Crippen molar-refractivity contribution < 1.29 is 4.79 Å². The van der Waals surface area contributed by atoms with Crippen LogP contribution in [0.5, 0.6) is 0 Å². The molecule has 1 unspecified atom stereocenters. The Morgan fingerprint density at radius 3 is 2.73 bits per heavy atom. The van der Waals surface area contributed by atoms with Gasteiger partial charge in [-0.25, -0.2) is 15.0 Å². The number of rotatable bonds is 3. The molecule has 0 radical (unpaired) electrons. The Labute approximate surface area is 128 Å². The van der Waals surface area contributed by atoms with Gasteiger partial charge in [-0.2, -0.15) is 0 Å². The number of piperidine rings is 1. The van der Waals surface area contributed by atoms with Gasteiger partial charge in [0, 0.05) is 50.7 Å². The molecule has 0 aromatic carbocycles. The molecule has 22 heavy (non-hydrogen) atoms. The highest BCUT2D eigenvalue weighted by Crippen LogP contribution is 2.29. The van der Waals surface area contributed by atoms with Crippen LogP contribution in [0.4, 0.5) is 11.8 Å². The number of aromatic nitrogens is 4. The maximum atomic E-state index is 11.6. The van der Waals surface area contributed by atoms with Crippen molar-refractivity contribution in [1.82, 2.24) is 24.8 Å². The van der Waals surface area contributed by atoms with Gasteiger partial charge in [0.05, 0.1) is 5.69 Å². The minimum Gasteiger partial charge on any atom is -0.342 e. The van der Waals surface area contributed by atoms with Crippen molar-refractivity contribution in [3.63, 3.8) is 0 Å². The van der Waals surface area contributed by atoms with E-state index in [-0.39, 0.29) is 11.8 Å². The molecule has 3 heterocycles. The van der Waals surface area contributed by atoms with Gasteiger partial charge < -0.3 is 10.2 Å². The summed E-state index contributed by atoms with van der Waals surface area (Å²) in [5.41, 5.74) is 0.862. The van der Waals surface area contributed by atoms with Gasteiger partial charge in [-0.3, -0.25) is 9.78 Å². The lowest BCUT2D eigenvalue weighted by atomic mass is 9.94. The van der Waals surface area contributed by atoms with Crippen molar-refractivity contribution >= 4 is 17.7 Å². The summed E-state index contributed by atoms with van der Waals surface area (Å²) in [6, 6.07) is 1.76. The van der Waals surface area contributed by atoms with Crippen LogP contribution in [0.2, 0.25) is 0 Å². The number of hydrogen-bond donors (Lipinski definition) is 1. The largest absolute Gasteiger partial charge is 0.342 e. The van der Waals surface area contributed by atoms with Crippen molar-refractivity contribution in [2.24, 2.45) is 0 Å². The Bertz CT molecular complexity index is 647. The number of nitrogens with zero attached hydrogens (tertiary/aromatic N) is 5. The molecule has 7 heteroatoms. The van der Waals surface area contributed by atoms with Crippen molar-refractivity contribution in [3.8, 4) is 0 Å². The van der Waals surface area contributed by atoms with Gasteiger partial charge in [0.2, 0.25) is 11.9 Å². The van der Waals surface area contributed by atoms with E-state index in [1.165, 1.54) is 0 Å². The highest BCUT2D eigenvalue weighted by Gasteiger charge is 2.26. The summed E-state index contributed by atoms with van der Waals surface area (Å²) in [6.07, 6.45) is 8.63. The quantitative estimate of drug-likeness (QED) is 0.929. The second-order valence-corrected chi connectivity index (χ2v) is 5.29. The van der Waals surface area contributed by atoms with Crippen molar-refractivity contribution in [2.45, 2.75) is 25.7 Å². The molecule has 3 rings (SSSR count). The summed E-state index contributed by atoms with van der Waals surface area (Å²) in [6.45, 7) is 3.10. The highest BCUT2D eigenvalue weighted by molar-refractivity contribution is 5.73. The molecule has 1 saturated heterocycles. The van der Waals surface area contributed by atoms with Crippen LogP contribution in [0, 0.1) is 0 Å². The van der Waals surface area contributed by atoms with E-state index in [4.69, 9.17) is 0 Å². The molecule has 0 bridgehead atoms. The topological polar surface area (TPSA) is 83.9 Å². The Kier molecular flexibility index (Phi) is 4.22. The first kappa shape index (κ1) is 14.4. The Hall–Kier alpha value is -2.57. The molecule has 1 aliphatic heterocycles. The van der Waals surface area contributed by atoms with Gasteiger partial charge in [-0.1, -0.05) is 0 Å². The van der Waals surface area contributed by atoms with Gasteiger partial charge in [-0.15, -0.1) is 0 Å². The first-order chi connectivity index (χ1) is 10.7. The molecule has 0 saturated carbocycles. The maximum Gasteiger partial charge on any atom is 0.228 e. The lowest BCUT2D eigenvalue weighted by Gasteiger charge is -2.32. The standard InChI is InChI=1S/C15H18N6O/c1-11(22)21-9-2-4-12(10-21)13-14(17-8-7-16-13)20-15-18-5-3-6-19-15/h3,5-8,12H,2,4,9-10H2,1H3,(H,17,18,19,20). The number of anilines is 2. The number of nitrogens with one attached hydrogen (secondary N) is 1. The Morgan fingerprint density at radius 2 is 1.95 bits per heavy atom. The fourth-order valence-corrected chi connectivity index (χ4v) is 2.70. The second kappa shape index (κ2) is 6.46. The molecule has 1 fully saturated rings. The van der Waals surface area contributed by atoms with Crippen LogP contribution in [-0.4, -0.2) is 43.8 Å². The van der Waals surface area contributed by atoms with Crippen LogP contribution < -0.4 is 5.32 Å². The van der Waals surface area contributed by atoms with Gasteiger partial charge >= 0.3 is 0 Å². The molecule has 1 atom stereocenters. The van der Waals surface area contributed by atoms with E-state index in [0.29, 0.717) is 18.3 Å². The number of likely N-dealkylation sites (tertiary alicyclic amines) is 1. The Balaban J connectivity index is 1.83. The van der Waals surface area contributed by atoms with Crippen LogP contribution in [0.25, 0.3) is 0 Å². The molecule has 1 amide bonds. The SMILES string of the molecule is CC(=O)N1CCCC(c2nccnc2Nc2ncccn2)C1. The molecule has 7 nitrogen and oxygen atoms in total. The maximum absolute atomic E-state index is 11.6. The third-order valence-electron chi connectivity index (χ3n) is 3.78. The zero-order valence-corrected chi connectivity index (χ0v) is 12.4. The highest BCUT2D eigenvalue weighted by atomic mass is 16.2. The normalized spacial score (nSPS) is 18.0. The lowest BCUT2D eigenvalue weighted by molar-refractivity contribution is -0.130. The minimum atomic E-state index is 0.106. The molecular weight excluding hydrogens is 280 g/mol. The Morgan fingerprint density at radius 1 is 1.18 bits per heavy atom. The predicted octanol–water partition coefficient (Wildman–Crippen LogP) is 1.74. The molecule has 114 valence electrons. The van der Waals surface area contributed by atoms with Crippen molar-refractivity contribution in [3.05, 3.63) is 36.5 Å². The van der Waals surface area contributed by atoms with E-state index in [1.54, 1.807) is 37.8 Å². The summed E-state index contributed by atoms with van der Waals surface area (Å²) in [5, 5.41) is 3.11. The fourth-order valence-electron chi connectivity index (χ4n) is 2.70. The van der Waals surface area contributed by atoms with Crippen LogP contribution >= 0.6 is 0 Å². The van der Waals surface area contributed by atoms with Crippen molar-refractivity contribution in [1.29, 1.82) is 0 Å². The number of amides is 1. The number of carbonyl (C=O) groups is 1. The third kappa shape index (κ3) is 3.19. The monoisotopic (exact) mass is 298 g/mol. The minimum absolute atomic E-state index is 0.106. The summed E-state index contributed by atoms with van der Waals surface area (Å²) >= 11 is 0. The zero-order valence-electron chi connectivity index (χ0n) is 12.4. The molecule has 1 N–H and O–H groups in total. The van der Waals surface area contributed by atoms with E-state index < -0.39 is 0 Å². The smallest absolute Gasteiger partial charge is 0.228 e. The van der Waals surface area contributed by atoms with E-state index in [9.17, 15) is 4.79 Å². The molecule has 1 aliphatic rings. The molecule has 0 spiro atoms. The summed E-state index contributed by atoms with van der Waals surface area (Å²) in [4.78, 5) is 30.6. The average Bonchev–Trinajstić information content (AvgIpc) is 2.56. The van der Waals surface area contributed by atoms with E-state index >= 15 is 0 Å². The lowest BCUT2D eigenvalue weighted by Crippen LogP contribution is -2.38. The molecular formula is C15H18N6O. The first-order valence-electron chi connectivity index (χ1n) is 7.34. The van der Waals surface area contributed by atoms with Gasteiger partial charge in [-0.05, 0) is 18.9 Å². The van der Waals surface area contributed by atoms with E-state index in [2.05, 4.69) is 25.3 Å². The van der Waals surface area contributed by atoms with Gasteiger partial charge in [0.15, 0.2) is 5.82 Å². The van der Waals surface area contributed by atoms with Crippen LogP contribution in [0.15, 0.2) is 30.9 Å². The fraction of sp³-hybridized carbons (Fsp3) is 0.400. The van der Waals surface area contributed by atoms with Crippen LogP contribution in [0.3, 0.4) is 0 Å². The van der Waals surface area contributed by atoms with E-state index in [1.807, 2.05) is 4.90 Å². The summed E-state index contributed by atoms with van der Waals surface area (Å²) in [5.74, 6) is 1.43. The van der Waals surface area contributed by atoms with Crippen molar-refractivity contribution in [2.75, 3.05) is 18.4 Å². The third-order valence-corrected chi connectivity index (χ3v) is 3.78. The zero-order chi connectivity index (χ0) is 15.4. The second-order valence-electron chi connectivity index (χ2n) is 5.29. The first-order valence-corrected chi connectivity index (χ1v) is 7.34. The van der Waals surface area contributed by atoms with Crippen LogP contribution in [0.1, 0.15) is 31.4 Å². The van der Waals surface area contributed by atoms with Gasteiger partial charge in [0.1, 0.15) is 0 Å². The number of carbonyl (C=O) groups excluding carboxylic acids is 1.